The highest BCUT2D eigenvalue weighted by Gasteiger charge is 2.32. The summed E-state index contributed by atoms with van der Waals surface area (Å²) in [5.74, 6) is 0.588. The zero-order chi connectivity index (χ0) is 17.2. The van der Waals surface area contributed by atoms with Crippen molar-refractivity contribution in [2.75, 3.05) is 19.6 Å². The maximum absolute atomic E-state index is 13.0. The number of nitrogens with one attached hydrogen (secondary N) is 1. The molecule has 0 amide bonds. The van der Waals surface area contributed by atoms with Gasteiger partial charge in [-0.3, -0.25) is 0 Å². The van der Waals surface area contributed by atoms with E-state index in [0.29, 0.717) is 23.0 Å². The molecule has 0 bridgehead atoms. The second kappa shape index (κ2) is 8.31. The fourth-order valence-electron chi connectivity index (χ4n) is 3.03. The lowest BCUT2D eigenvalue weighted by Gasteiger charge is -2.27. The van der Waals surface area contributed by atoms with Gasteiger partial charge in [0.25, 0.3) is 0 Å². The quantitative estimate of drug-likeness (QED) is 0.827. The zero-order valence-electron chi connectivity index (χ0n) is 14.4. The maximum atomic E-state index is 13.0. The number of aryl methyl sites for hydroxylation is 1. The summed E-state index contributed by atoms with van der Waals surface area (Å²) in [6.45, 7) is 5.90. The van der Waals surface area contributed by atoms with Crippen molar-refractivity contribution in [2.45, 2.75) is 37.6 Å². The molecule has 0 spiro atoms. The zero-order valence-corrected chi connectivity index (χ0v) is 16.1. The number of nitrogens with zero attached hydrogens (tertiary/aromatic N) is 2. The third-order valence-corrected chi connectivity index (χ3v) is 6.23. The van der Waals surface area contributed by atoms with Crippen LogP contribution in [0, 0.1) is 6.92 Å². The van der Waals surface area contributed by atoms with Gasteiger partial charge in [0, 0.05) is 31.6 Å². The third kappa shape index (κ3) is 4.23. The molecule has 8 heteroatoms. The second-order valence-corrected chi connectivity index (χ2v) is 7.93. The van der Waals surface area contributed by atoms with Gasteiger partial charge < -0.3 is 9.73 Å². The van der Waals surface area contributed by atoms with E-state index >= 15 is 0 Å². The third-order valence-electron chi connectivity index (χ3n) is 4.26. The van der Waals surface area contributed by atoms with Gasteiger partial charge >= 0.3 is 0 Å². The smallest absolute Gasteiger partial charge is 0.243 e. The minimum absolute atomic E-state index is 0. The van der Waals surface area contributed by atoms with Gasteiger partial charge in [0.05, 0.1) is 4.90 Å². The van der Waals surface area contributed by atoms with Gasteiger partial charge in [-0.25, -0.2) is 13.4 Å². The minimum atomic E-state index is -3.49. The van der Waals surface area contributed by atoms with Gasteiger partial charge in [-0.15, -0.1) is 12.4 Å². The predicted octanol–water partition coefficient (Wildman–Crippen LogP) is 2.83. The van der Waals surface area contributed by atoms with Crippen molar-refractivity contribution in [3.63, 3.8) is 0 Å². The molecule has 0 radical (unpaired) electrons. The van der Waals surface area contributed by atoms with Gasteiger partial charge in [-0.05, 0) is 31.5 Å². The van der Waals surface area contributed by atoms with E-state index in [0.717, 1.165) is 31.5 Å². The Bertz CT molecular complexity index is 784. The van der Waals surface area contributed by atoms with E-state index < -0.39 is 10.0 Å². The summed E-state index contributed by atoms with van der Waals surface area (Å²) in [7, 11) is -3.49. The van der Waals surface area contributed by atoms with Crippen LogP contribution in [0.2, 0.25) is 0 Å². The van der Waals surface area contributed by atoms with E-state index in [1.165, 1.54) is 0 Å². The van der Waals surface area contributed by atoms with Gasteiger partial charge in [0.1, 0.15) is 12.0 Å². The molecule has 0 aliphatic carbocycles. The number of rotatable bonds is 6. The van der Waals surface area contributed by atoms with Crippen LogP contribution in [0.5, 0.6) is 0 Å². The lowest BCUT2D eigenvalue weighted by atomic mass is 10.2. The number of halogens is 1. The van der Waals surface area contributed by atoms with Crippen molar-refractivity contribution in [1.82, 2.24) is 14.6 Å². The summed E-state index contributed by atoms with van der Waals surface area (Å²) in [4.78, 5) is 4.59. The van der Waals surface area contributed by atoms with Crippen molar-refractivity contribution in [3.8, 4) is 11.3 Å². The molecule has 1 saturated heterocycles. The molecule has 1 aliphatic heterocycles. The van der Waals surface area contributed by atoms with Gasteiger partial charge in [0.15, 0.2) is 5.89 Å². The molecule has 138 valence electrons. The molecule has 1 atom stereocenters. The largest absolute Gasteiger partial charge is 0.449 e. The highest BCUT2D eigenvalue weighted by molar-refractivity contribution is 7.89. The van der Waals surface area contributed by atoms with Crippen LogP contribution in [0.1, 0.15) is 25.7 Å². The van der Waals surface area contributed by atoms with E-state index in [-0.39, 0.29) is 18.4 Å². The number of aromatic nitrogens is 1. The van der Waals surface area contributed by atoms with E-state index in [4.69, 9.17) is 4.42 Å². The summed E-state index contributed by atoms with van der Waals surface area (Å²) in [5, 5.41) is 3.24. The number of oxazole rings is 1. The molecular weight excluding hydrogens is 362 g/mol. The first-order valence-electron chi connectivity index (χ1n) is 8.27. The topological polar surface area (TPSA) is 75.4 Å². The van der Waals surface area contributed by atoms with Crippen molar-refractivity contribution < 1.29 is 12.8 Å². The van der Waals surface area contributed by atoms with Crippen molar-refractivity contribution in [1.29, 1.82) is 0 Å². The van der Waals surface area contributed by atoms with E-state index in [1.54, 1.807) is 41.8 Å². The van der Waals surface area contributed by atoms with Crippen molar-refractivity contribution >= 4 is 22.4 Å². The van der Waals surface area contributed by atoms with Crippen LogP contribution in [0.15, 0.2) is 39.8 Å². The van der Waals surface area contributed by atoms with Gasteiger partial charge in [-0.2, -0.15) is 4.31 Å². The molecule has 1 aliphatic rings. The standard InChI is InChI=1S/C17H23N3O3S.ClH/c1-3-10-20(15-8-9-18-11-15)24(21,22)16-6-4-14(5-7-16)17-12-23-13(2)19-17;/h4-7,12,15,18H,3,8-11H2,1-2H3;1H. The Kier molecular flexibility index (Phi) is 6.62. The first-order chi connectivity index (χ1) is 11.5. The lowest BCUT2D eigenvalue weighted by Crippen LogP contribution is -2.41. The number of hydrogen-bond donors (Lipinski definition) is 1. The van der Waals surface area contributed by atoms with E-state index in [2.05, 4.69) is 10.3 Å². The predicted molar refractivity (Wildman–Crippen MR) is 99.4 cm³/mol. The highest BCUT2D eigenvalue weighted by atomic mass is 35.5. The number of sulfonamides is 1. The number of hydrogen-bond acceptors (Lipinski definition) is 5. The minimum Gasteiger partial charge on any atom is -0.449 e. The second-order valence-electron chi connectivity index (χ2n) is 6.04. The molecule has 0 saturated carbocycles. The maximum Gasteiger partial charge on any atom is 0.243 e. The van der Waals surface area contributed by atoms with Crippen LogP contribution in [-0.2, 0) is 10.0 Å². The lowest BCUT2D eigenvalue weighted by molar-refractivity contribution is 0.335. The van der Waals surface area contributed by atoms with Crippen LogP contribution in [0.3, 0.4) is 0 Å². The summed E-state index contributed by atoms with van der Waals surface area (Å²) >= 11 is 0. The first kappa shape index (κ1) is 19.9. The molecule has 1 aromatic carbocycles. The van der Waals surface area contributed by atoms with Crippen LogP contribution in [0.25, 0.3) is 11.3 Å². The Hall–Kier alpha value is -1.41. The van der Waals surface area contributed by atoms with Crippen LogP contribution >= 0.6 is 12.4 Å². The molecule has 2 heterocycles. The van der Waals surface area contributed by atoms with Crippen molar-refractivity contribution in [2.24, 2.45) is 0 Å². The molecule has 25 heavy (non-hydrogen) atoms. The Balaban J connectivity index is 0.00000225. The molecular formula is C17H24ClN3O3S. The SMILES string of the molecule is CCCN(C1CCNC1)S(=O)(=O)c1ccc(-c2coc(C)n2)cc1.Cl. The van der Waals surface area contributed by atoms with E-state index in [9.17, 15) is 8.42 Å². The van der Waals surface area contributed by atoms with Crippen LogP contribution in [0.4, 0.5) is 0 Å². The first-order valence-corrected chi connectivity index (χ1v) is 9.71. The van der Waals surface area contributed by atoms with E-state index in [1.807, 2.05) is 6.92 Å². The average Bonchev–Trinajstić information content (AvgIpc) is 3.24. The van der Waals surface area contributed by atoms with Crippen molar-refractivity contribution in [3.05, 3.63) is 36.4 Å². The van der Waals surface area contributed by atoms with Gasteiger partial charge in [-0.1, -0.05) is 19.1 Å². The summed E-state index contributed by atoms with van der Waals surface area (Å²) in [6.07, 6.45) is 3.23. The fraction of sp³-hybridized carbons (Fsp3) is 0.471. The highest BCUT2D eigenvalue weighted by Crippen LogP contribution is 2.25. The average molecular weight is 386 g/mol. The summed E-state index contributed by atoms with van der Waals surface area (Å²) < 4.78 is 32.9. The Morgan fingerprint density at radius 1 is 1.32 bits per heavy atom. The normalized spacial score (nSPS) is 17.6. The monoisotopic (exact) mass is 385 g/mol. The molecule has 1 unspecified atom stereocenters. The Morgan fingerprint density at radius 2 is 2.04 bits per heavy atom. The molecule has 6 nitrogen and oxygen atoms in total. The molecule has 1 aromatic heterocycles. The molecule has 3 rings (SSSR count). The summed E-state index contributed by atoms with van der Waals surface area (Å²) in [5.41, 5.74) is 1.55. The fourth-order valence-corrected chi connectivity index (χ4v) is 4.78. The molecule has 1 fully saturated rings. The molecule has 2 aromatic rings. The number of benzene rings is 1. The Labute approximate surface area is 155 Å². The Morgan fingerprint density at radius 3 is 2.56 bits per heavy atom. The van der Waals surface area contributed by atoms with Crippen LogP contribution in [-0.4, -0.2) is 43.4 Å². The van der Waals surface area contributed by atoms with Crippen LogP contribution < -0.4 is 5.32 Å². The summed E-state index contributed by atoms with van der Waals surface area (Å²) in [6, 6.07) is 6.90. The van der Waals surface area contributed by atoms with Gasteiger partial charge in [0.2, 0.25) is 10.0 Å². The molecule has 1 N–H and O–H groups in total.